The third kappa shape index (κ3) is 4.13. The molecule has 0 aliphatic rings. The standard InChI is InChI=1S/C20H15ClN4O8S/c1-31-15-4-3-11(5-16(15)32-2)34(29,30)17-6-12-14(7-13(17)21)23-19(24-18(12)26)25-9-10(8-22-25)33-20(27)28/h3-9H,1-2H3,(H,27,28)(H,23,24,26). The topological polar surface area (TPSA) is 163 Å². The van der Waals surface area contributed by atoms with Gasteiger partial charge in [-0.15, -0.1) is 0 Å². The Morgan fingerprint density at radius 2 is 1.88 bits per heavy atom. The molecule has 0 aliphatic carbocycles. The molecule has 34 heavy (non-hydrogen) atoms. The highest BCUT2D eigenvalue weighted by molar-refractivity contribution is 7.91. The molecule has 0 fully saturated rings. The van der Waals surface area contributed by atoms with E-state index in [-0.39, 0.29) is 43.2 Å². The minimum atomic E-state index is -4.14. The van der Waals surface area contributed by atoms with Crippen LogP contribution in [0.15, 0.2) is 57.3 Å². The molecule has 0 radical (unpaired) electrons. The van der Waals surface area contributed by atoms with Crippen molar-refractivity contribution in [3.63, 3.8) is 0 Å². The lowest BCUT2D eigenvalue weighted by atomic mass is 10.2. The molecule has 0 saturated carbocycles. The third-order valence-electron chi connectivity index (χ3n) is 4.68. The van der Waals surface area contributed by atoms with Gasteiger partial charge in [0.15, 0.2) is 17.2 Å². The Morgan fingerprint density at radius 3 is 2.56 bits per heavy atom. The average Bonchev–Trinajstić information content (AvgIpc) is 3.25. The van der Waals surface area contributed by atoms with Crippen molar-refractivity contribution in [2.24, 2.45) is 0 Å². The summed E-state index contributed by atoms with van der Waals surface area (Å²) in [5.74, 6) is 0.388. The summed E-state index contributed by atoms with van der Waals surface area (Å²) < 4.78 is 42.4. The Hall–Kier alpha value is -4.10. The van der Waals surface area contributed by atoms with E-state index in [1.807, 2.05) is 0 Å². The van der Waals surface area contributed by atoms with Crippen LogP contribution in [-0.2, 0) is 9.84 Å². The number of sulfone groups is 1. The molecule has 176 valence electrons. The van der Waals surface area contributed by atoms with Crippen molar-refractivity contribution in [1.29, 1.82) is 0 Å². The minimum Gasteiger partial charge on any atom is -0.493 e. The van der Waals surface area contributed by atoms with Gasteiger partial charge in [0.05, 0.1) is 52.3 Å². The SMILES string of the molecule is COc1ccc(S(=O)(=O)c2cc3c(=O)[nH]c(-n4cc(OC(=O)O)cn4)nc3cc2Cl)cc1OC. The van der Waals surface area contributed by atoms with Gasteiger partial charge in [-0.1, -0.05) is 11.6 Å². The zero-order valence-electron chi connectivity index (χ0n) is 17.5. The van der Waals surface area contributed by atoms with E-state index in [0.29, 0.717) is 5.75 Å². The van der Waals surface area contributed by atoms with Crippen LogP contribution in [0.1, 0.15) is 0 Å². The Labute approximate surface area is 196 Å². The smallest absolute Gasteiger partial charge is 0.493 e. The number of methoxy groups -OCH3 is 2. The number of benzene rings is 2. The second-order valence-corrected chi connectivity index (χ2v) is 9.02. The number of hydrogen-bond donors (Lipinski definition) is 2. The maximum Gasteiger partial charge on any atom is 0.511 e. The van der Waals surface area contributed by atoms with Gasteiger partial charge in [-0.05, 0) is 24.3 Å². The van der Waals surface area contributed by atoms with Crippen molar-refractivity contribution in [2.75, 3.05) is 14.2 Å². The van der Waals surface area contributed by atoms with E-state index in [2.05, 4.69) is 19.8 Å². The number of H-pyrrole nitrogens is 1. The summed E-state index contributed by atoms with van der Waals surface area (Å²) in [6, 6.07) is 6.42. The van der Waals surface area contributed by atoms with Crippen molar-refractivity contribution in [1.82, 2.24) is 19.7 Å². The van der Waals surface area contributed by atoms with Crippen molar-refractivity contribution in [3.05, 3.63) is 58.1 Å². The minimum absolute atomic E-state index is 0.0404. The van der Waals surface area contributed by atoms with E-state index < -0.39 is 21.6 Å². The average molecular weight is 507 g/mol. The summed E-state index contributed by atoms with van der Waals surface area (Å²) in [6.45, 7) is 0. The maximum absolute atomic E-state index is 13.3. The lowest BCUT2D eigenvalue weighted by Crippen LogP contribution is -2.15. The molecular formula is C20H15ClN4O8S. The van der Waals surface area contributed by atoms with Gasteiger partial charge >= 0.3 is 6.16 Å². The van der Waals surface area contributed by atoms with Crippen LogP contribution in [0.2, 0.25) is 5.02 Å². The highest BCUT2D eigenvalue weighted by Gasteiger charge is 2.24. The number of nitrogens with zero attached hydrogens (tertiary/aromatic N) is 3. The van der Waals surface area contributed by atoms with Gasteiger partial charge in [0.2, 0.25) is 15.8 Å². The summed E-state index contributed by atoms with van der Waals surface area (Å²) >= 11 is 6.29. The van der Waals surface area contributed by atoms with Crippen molar-refractivity contribution < 1.29 is 32.5 Å². The number of hydrogen-bond acceptors (Lipinski definition) is 9. The molecule has 0 amide bonds. The van der Waals surface area contributed by atoms with E-state index in [9.17, 15) is 18.0 Å². The highest BCUT2D eigenvalue weighted by Crippen LogP contribution is 2.35. The van der Waals surface area contributed by atoms with E-state index in [1.54, 1.807) is 0 Å². The maximum atomic E-state index is 13.3. The molecule has 0 aliphatic heterocycles. The van der Waals surface area contributed by atoms with Gasteiger partial charge in [-0.2, -0.15) is 5.10 Å². The quantitative estimate of drug-likeness (QED) is 0.371. The van der Waals surface area contributed by atoms with Crippen LogP contribution in [0.4, 0.5) is 4.79 Å². The molecule has 12 nitrogen and oxygen atoms in total. The highest BCUT2D eigenvalue weighted by atomic mass is 35.5. The van der Waals surface area contributed by atoms with Gasteiger partial charge in [0, 0.05) is 6.07 Å². The Balaban J connectivity index is 1.81. The predicted molar refractivity (Wildman–Crippen MR) is 118 cm³/mol. The molecule has 2 heterocycles. The molecule has 2 aromatic heterocycles. The monoisotopic (exact) mass is 506 g/mol. The fraction of sp³-hybridized carbons (Fsp3) is 0.100. The molecule has 2 aromatic carbocycles. The van der Waals surface area contributed by atoms with Gasteiger partial charge in [-0.25, -0.2) is 22.9 Å². The predicted octanol–water partition coefficient (Wildman–Crippen LogP) is 2.67. The van der Waals surface area contributed by atoms with Crippen molar-refractivity contribution >= 4 is 38.5 Å². The van der Waals surface area contributed by atoms with Crippen LogP contribution in [0.25, 0.3) is 16.9 Å². The zero-order chi connectivity index (χ0) is 24.6. The number of aromatic nitrogens is 4. The van der Waals surface area contributed by atoms with Crippen LogP contribution in [0, 0.1) is 0 Å². The first-order chi connectivity index (χ1) is 16.1. The number of carboxylic acid groups (broad SMARTS) is 1. The number of fused-ring (bicyclic) bond motifs is 1. The molecule has 0 atom stereocenters. The number of carbonyl (C=O) groups is 1. The van der Waals surface area contributed by atoms with Gasteiger partial charge in [0.25, 0.3) is 5.56 Å². The summed E-state index contributed by atoms with van der Waals surface area (Å²) in [6.07, 6.45) is 0.773. The molecule has 4 rings (SSSR count). The van der Waals surface area contributed by atoms with Crippen LogP contribution < -0.4 is 19.8 Å². The zero-order valence-corrected chi connectivity index (χ0v) is 19.0. The fourth-order valence-electron chi connectivity index (χ4n) is 3.13. The fourth-order valence-corrected chi connectivity index (χ4v) is 4.94. The molecule has 2 N–H and O–H groups in total. The normalized spacial score (nSPS) is 11.4. The van der Waals surface area contributed by atoms with Gasteiger partial charge in [-0.3, -0.25) is 9.78 Å². The molecule has 4 aromatic rings. The summed E-state index contributed by atoms with van der Waals surface area (Å²) in [7, 11) is -1.35. The molecular weight excluding hydrogens is 492 g/mol. The van der Waals surface area contributed by atoms with Gasteiger partial charge < -0.3 is 19.3 Å². The lowest BCUT2D eigenvalue weighted by molar-refractivity contribution is 0.144. The van der Waals surface area contributed by atoms with Crippen LogP contribution in [0.5, 0.6) is 17.2 Å². The largest absolute Gasteiger partial charge is 0.511 e. The van der Waals surface area contributed by atoms with E-state index in [4.69, 9.17) is 26.2 Å². The Bertz CT molecular complexity index is 1600. The van der Waals surface area contributed by atoms with E-state index in [0.717, 1.165) is 16.9 Å². The second-order valence-electron chi connectivity index (χ2n) is 6.70. The Kier molecular flexibility index (Phi) is 5.89. The van der Waals surface area contributed by atoms with Crippen LogP contribution in [0.3, 0.4) is 0 Å². The number of rotatable bonds is 6. The summed E-state index contributed by atoms with van der Waals surface area (Å²) in [4.78, 5) is 29.7. The molecule has 14 heteroatoms. The number of ether oxygens (including phenoxy) is 3. The van der Waals surface area contributed by atoms with Crippen molar-refractivity contribution in [2.45, 2.75) is 9.79 Å². The summed E-state index contributed by atoms with van der Waals surface area (Å²) in [5.41, 5.74) is -0.581. The first-order valence-corrected chi connectivity index (χ1v) is 11.2. The number of aromatic amines is 1. The third-order valence-corrected chi connectivity index (χ3v) is 6.90. The van der Waals surface area contributed by atoms with Crippen molar-refractivity contribution in [3.8, 4) is 23.2 Å². The van der Waals surface area contributed by atoms with E-state index >= 15 is 0 Å². The van der Waals surface area contributed by atoms with Gasteiger partial charge in [0.1, 0.15) is 0 Å². The van der Waals surface area contributed by atoms with Crippen LogP contribution in [-0.4, -0.2) is 53.6 Å². The second kappa shape index (κ2) is 8.68. The Morgan fingerprint density at radius 1 is 1.15 bits per heavy atom. The summed E-state index contributed by atoms with van der Waals surface area (Å²) in [5, 5.41) is 12.4. The number of nitrogens with one attached hydrogen (secondary N) is 1. The molecule has 0 bridgehead atoms. The molecule has 0 unspecified atom stereocenters. The lowest BCUT2D eigenvalue weighted by Gasteiger charge is -2.12. The van der Waals surface area contributed by atoms with E-state index in [1.165, 1.54) is 44.7 Å². The number of halogens is 1. The van der Waals surface area contributed by atoms with Crippen LogP contribution >= 0.6 is 11.6 Å². The first kappa shape index (κ1) is 23.1. The first-order valence-electron chi connectivity index (χ1n) is 9.30. The molecule has 0 spiro atoms. The molecule has 0 saturated heterocycles.